The van der Waals surface area contributed by atoms with E-state index < -0.39 is 0 Å². The lowest BCUT2D eigenvalue weighted by Gasteiger charge is -2.30. The summed E-state index contributed by atoms with van der Waals surface area (Å²) in [5.74, 6) is 0. The average molecular weight is 345 g/mol. The molecular weight excluding hydrogens is 316 g/mol. The minimum absolute atomic E-state index is 0.409. The summed E-state index contributed by atoms with van der Waals surface area (Å²) in [5, 5.41) is 3.68. The zero-order valence-electron chi connectivity index (χ0n) is 15.5. The van der Waals surface area contributed by atoms with Crippen molar-refractivity contribution < 1.29 is 0 Å². The number of nitrogens with one attached hydrogen (secondary N) is 1. The number of likely N-dealkylation sites (N-methyl/N-ethyl adjacent to an activating group) is 1. The fraction of sp³-hybridized carbons (Fsp3) is 0.250. The molecule has 0 bridgehead atoms. The molecule has 3 aromatic carbocycles. The summed E-state index contributed by atoms with van der Waals surface area (Å²) in [4.78, 5) is 2.48. The summed E-state index contributed by atoms with van der Waals surface area (Å²) in [6.45, 7) is 5.05. The predicted molar refractivity (Wildman–Crippen MR) is 112 cm³/mol. The van der Waals surface area contributed by atoms with E-state index >= 15 is 0 Å². The molecule has 1 unspecified atom stereocenters. The van der Waals surface area contributed by atoms with Gasteiger partial charge in [0.05, 0.1) is 0 Å². The SMILES string of the molecule is CCNC(Cc1ccccc1)CN(Cc1ccccc1)c1ccccc1. The van der Waals surface area contributed by atoms with Crippen molar-refractivity contribution >= 4 is 5.69 Å². The van der Waals surface area contributed by atoms with Crippen molar-refractivity contribution in [1.82, 2.24) is 5.32 Å². The molecule has 134 valence electrons. The first-order chi connectivity index (χ1) is 12.8. The zero-order valence-corrected chi connectivity index (χ0v) is 15.5. The van der Waals surface area contributed by atoms with Crippen molar-refractivity contribution in [2.45, 2.75) is 25.9 Å². The van der Waals surface area contributed by atoms with Crippen LogP contribution >= 0.6 is 0 Å². The third kappa shape index (κ3) is 5.47. The van der Waals surface area contributed by atoms with E-state index in [1.54, 1.807) is 0 Å². The van der Waals surface area contributed by atoms with Gasteiger partial charge in [0.25, 0.3) is 0 Å². The lowest BCUT2D eigenvalue weighted by atomic mass is 10.0. The summed E-state index contributed by atoms with van der Waals surface area (Å²) in [6, 6.07) is 32.6. The third-order valence-corrected chi connectivity index (χ3v) is 4.60. The zero-order chi connectivity index (χ0) is 18.0. The molecule has 3 aromatic rings. The highest BCUT2D eigenvalue weighted by Crippen LogP contribution is 2.18. The number of para-hydroxylation sites is 1. The summed E-state index contributed by atoms with van der Waals surface area (Å²) < 4.78 is 0. The Morgan fingerprint density at radius 1 is 0.731 bits per heavy atom. The van der Waals surface area contributed by atoms with Crippen LogP contribution in [-0.4, -0.2) is 19.1 Å². The van der Waals surface area contributed by atoms with Crippen molar-refractivity contribution in [2.75, 3.05) is 18.0 Å². The number of anilines is 1. The molecule has 0 spiro atoms. The maximum absolute atomic E-state index is 3.68. The Morgan fingerprint density at radius 3 is 1.85 bits per heavy atom. The fourth-order valence-electron chi connectivity index (χ4n) is 3.36. The summed E-state index contributed by atoms with van der Waals surface area (Å²) in [7, 11) is 0. The summed E-state index contributed by atoms with van der Waals surface area (Å²) >= 11 is 0. The van der Waals surface area contributed by atoms with E-state index in [9.17, 15) is 0 Å². The predicted octanol–water partition coefficient (Wildman–Crippen LogP) is 4.91. The average Bonchev–Trinajstić information content (AvgIpc) is 2.70. The highest BCUT2D eigenvalue weighted by atomic mass is 15.2. The van der Waals surface area contributed by atoms with Crippen LogP contribution in [0.5, 0.6) is 0 Å². The second-order valence-electron chi connectivity index (χ2n) is 6.65. The molecule has 2 nitrogen and oxygen atoms in total. The fourth-order valence-corrected chi connectivity index (χ4v) is 3.36. The number of rotatable bonds is 9. The Hall–Kier alpha value is -2.58. The number of nitrogens with zero attached hydrogens (tertiary/aromatic N) is 1. The van der Waals surface area contributed by atoms with Gasteiger partial charge in [-0.15, -0.1) is 0 Å². The van der Waals surface area contributed by atoms with Crippen LogP contribution in [0.3, 0.4) is 0 Å². The van der Waals surface area contributed by atoms with Gasteiger partial charge in [-0.1, -0.05) is 85.8 Å². The number of hydrogen-bond donors (Lipinski definition) is 1. The van der Waals surface area contributed by atoms with Crippen molar-refractivity contribution in [2.24, 2.45) is 0 Å². The van der Waals surface area contributed by atoms with Crippen LogP contribution in [0.2, 0.25) is 0 Å². The molecule has 0 saturated heterocycles. The van der Waals surface area contributed by atoms with E-state index in [1.807, 2.05) is 0 Å². The molecule has 3 rings (SSSR count). The molecule has 0 aromatic heterocycles. The third-order valence-electron chi connectivity index (χ3n) is 4.60. The molecule has 1 atom stereocenters. The van der Waals surface area contributed by atoms with E-state index in [4.69, 9.17) is 0 Å². The van der Waals surface area contributed by atoms with Gasteiger partial charge >= 0.3 is 0 Å². The highest BCUT2D eigenvalue weighted by molar-refractivity contribution is 5.47. The standard InChI is InChI=1S/C24H28N2/c1-2-25-23(18-21-12-6-3-7-13-21)20-26(24-16-10-5-11-17-24)19-22-14-8-4-9-15-22/h3-17,23,25H,2,18-20H2,1H3. The second-order valence-corrected chi connectivity index (χ2v) is 6.65. The van der Waals surface area contributed by atoms with Crippen LogP contribution in [0.1, 0.15) is 18.1 Å². The molecule has 0 aliphatic carbocycles. The molecule has 26 heavy (non-hydrogen) atoms. The largest absolute Gasteiger partial charge is 0.366 e. The van der Waals surface area contributed by atoms with Gasteiger partial charge in [-0.3, -0.25) is 0 Å². The maximum Gasteiger partial charge on any atom is 0.0430 e. The molecule has 0 radical (unpaired) electrons. The maximum atomic E-state index is 3.68. The van der Waals surface area contributed by atoms with Crippen molar-refractivity contribution in [1.29, 1.82) is 0 Å². The molecular formula is C24H28N2. The van der Waals surface area contributed by atoms with Crippen LogP contribution in [0.15, 0.2) is 91.0 Å². The minimum atomic E-state index is 0.409. The van der Waals surface area contributed by atoms with E-state index in [-0.39, 0.29) is 0 Å². The lowest BCUT2D eigenvalue weighted by Crippen LogP contribution is -2.42. The van der Waals surface area contributed by atoms with Gasteiger partial charge in [0, 0.05) is 24.8 Å². The van der Waals surface area contributed by atoms with Gasteiger partial charge in [0.15, 0.2) is 0 Å². The Bertz CT molecular complexity index is 741. The van der Waals surface area contributed by atoms with Gasteiger partial charge in [0.1, 0.15) is 0 Å². The van der Waals surface area contributed by atoms with Gasteiger partial charge in [-0.2, -0.15) is 0 Å². The van der Waals surface area contributed by atoms with Gasteiger partial charge < -0.3 is 10.2 Å². The van der Waals surface area contributed by atoms with Crippen molar-refractivity contribution in [3.63, 3.8) is 0 Å². The number of benzene rings is 3. The Morgan fingerprint density at radius 2 is 1.27 bits per heavy atom. The van der Waals surface area contributed by atoms with Crippen LogP contribution in [-0.2, 0) is 13.0 Å². The van der Waals surface area contributed by atoms with E-state index in [2.05, 4.69) is 108 Å². The Balaban J connectivity index is 1.78. The smallest absolute Gasteiger partial charge is 0.0430 e. The lowest BCUT2D eigenvalue weighted by molar-refractivity contribution is 0.511. The first-order valence-electron chi connectivity index (χ1n) is 9.46. The minimum Gasteiger partial charge on any atom is -0.366 e. The molecule has 0 amide bonds. The van der Waals surface area contributed by atoms with Crippen LogP contribution in [0, 0.1) is 0 Å². The first-order valence-corrected chi connectivity index (χ1v) is 9.46. The summed E-state index contributed by atoms with van der Waals surface area (Å²) in [6.07, 6.45) is 1.03. The van der Waals surface area contributed by atoms with Gasteiger partial charge in [0.2, 0.25) is 0 Å². The van der Waals surface area contributed by atoms with Crippen LogP contribution in [0.4, 0.5) is 5.69 Å². The highest BCUT2D eigenvalue weighted by Gasteiger charge is 2.15. The summed E-state index contributed by atoms with van der Waals surface area (Å²) in [5.41, 5.74) is 3.99. The monoisotopic (exact) mass is 344 g/mol. The first kappa shape index (κ1) is 18.2. The molecule has 0 heterocycles. The normalized spacial score (nSPS) is 11.9. The molecule has 0 aliphatic heterocycles. The van der Waals surface area contributed by atoms with E-state index in [0.717, 1.165) is 26.1 Å². The van der Waals surface area contributed by atoms with Gasteiger partial charge in [-0.25, -0.2) is 0 Å². The van der Waals surface area contributed by atoms with E-state index in [0.29, 0.717) is 6.04 Å². The quantitative estimate of drug-likeness (QED) is 0.593. The van der Waals surface area contributed by atoms with E-state index in [1.165, 1.54) is 16.8 Å². The van der Waals surface area contributed by atoms with Crippen molar-refractivity contribution in [3.05, 3.63) is 102 Å². The molecule has 1 N–H and O–H groups in total. The molecule has 0 fully saturated rings. The second kappa shape index (κ2) is 9.79. The van der Waals surface area contributed by atoms with Crippen molar-refractivity contribution in [3.8, 4) is 0 Å². The molecule has 0 aliphatic rings. The number of hydrogen-bond acceptors (Lipinski definition) is 2. The van der Waals surface area contributed by atoms with Gasteiger partial charge in [-0.05, 0) is 36.2 Å². The van der Waals surface area contributed by atoms with Crippen LogP contribution < -0.4 is 10.2 Å². The molecule has 2 heteroatoms. The molecule has 0 saturated carbocycles. The topological polar surface area (TPSA) is 15.3 Å². The van der Waals surface area contributed by atoms with Crippen LogP contribution in [0.25, 0.3) is 0 Å². The Labute approximate surface area is 157 Å². The Kier molecular flexibility index (Phi) is 6.86.